The van der Waals surface area contributed by atoms with Crippen molar-refractivity contribution in [2.45, 2.75) is 19.8 Å². The van der Waals surface area contributed by atoms with Gasteiger partial charge in [-0.1, -0.05) is 48.9 Å². The molecule has 4 aromatic rings. The zero-order valence-electron chi connectivity index (χ0n) is 16.5. The number of rotatable bonds is 7. The van der Waals surface area contributed by atoms with E-state index in [1.807, 2.05) is 30.3 Å². The minimum atomic E-state index is -0.256. The van der Waals surface area contributed by atoms with Crippen molar-refractivity contribution in [1.29, 1.82) is 0 Å². The van der Waals surface area contributed by atoms with Crippen molar-refractivity contribution >= 4 is 34.3 Å². The average molecular weight is 421 g/mol. The number of halogens is 1. The predicted molar refractivity (Wildman–Crippen MR) is 118 cm³/mol. The number of nitrogens with zero attached hydrogens (tertiary/aromatic N) is 1. The Morgan fingerprint density at radius 3 is 2.60 bits per heavy atom. The Morgan fingerprint density at radius 2 is 1.83 bits per heavy atom. The van der Waals surface area contributed by atoms with Crippen molar-refractivity contribution < 1.29 is 13.9 Å². The molecule has 0 radical (unpaired) electrons. The van der Waals surface area contributed by atoms with Crippen LogP contribution in [0.2, 0.25) is 5.02 Å². The van der Waals surface area contributed by atoms with Crippen LogP contribution in [-0.4, -0.2) is 17.5 Å². The fraction of sp³-hybridized carbons (Fsp3) is 0.167. The molecular formula is C24H21ClN2O3. The van der Waals surface area contributed by atoms with Gasteiger partial charge in [0.1, 0.15) is 11.3 Å². The molecule has 30 heavy (non-hydrogen) atoms. The lowest BCUT2D eigenvalue weighted by Crippen LogP contribution is -2.20. The van der Waals surface area contributed by atoms with Gasteiger partial charge in [0.15, 0.2) is 18.1 Å². The zero-order chi connectivity index (χ0) is 20.9. The lowest BCUT2D eigenvalue weighted by molar-refractivity contribution is -0.118. The number of carbonyl (C=O) groups is 1. The molecule has 0 aliphatic heterocycles. The van der Waals surface area contributed by atoms with Crippen molar-refractivity contribution in [3.05, 3.63) is 88.8 Å². The quantitative estimate of drug-likeness (QED) is 0.419. The lowest BCUT2D eigenvalue weighted by Gasteiger charge is -2.09. The fourth-order valence-corrected chi connectivity index (χ4v) is 3.29. The van der Waals surface area contributed by atoms with Crippen LogP contribution >= 0.6 is 11.6 Å². The summed E-state index contributed by atoms with van der Waals surface area (Å²) in [6.45, 7) is 2.00. The minimum absolute atomic E-state index is 0.117. The van der Waals surface area contributed by atoms with Gasteiger partial charge in [-0.25, -0.2) is 4.98 Å². The number of hydrogen-bond donors (Lipinski definition) is 1. The highest BCUT2D eigenvalue weighted by molar-refractivity contribution is 6.32. The lowest BCUT2D eigenvalue weighted by atomic mass is 10.1. The van der Waals surface area contributed by atoms with Gasteiger partial charge >= 0.3 is 0 Å². The van der Waals surface area contributed by atoms with Gasteiger partial charge in [0.25, 0.3) is 5.91 Å². The Balaban J connectivity index is 1.34. The topological polar surface area (TPSA) is 64.4 Å². The van der Waals surface area contributed by atoms with Gasteiger partial charge in [0, 0.05) is 12.1 Å². The highest BCUT2D eigenvalue weighted by Gasteiger charge is 2.09. The van der Waals surface area contributed by atoms with Crippen molar-refractivity contribution in [3.8, 4) is 5.75 Å². The van der Waals surface area contributed by atoms with Crippen LogP contribution < -0.4 is 10.1 Å². The summed E-state index contributed by atoms with van der Waals surface area (Å²) in [4.78, 5) is 16.7. The van der Waals surface area contributed by atoms with E-state index in [9.17, 15) is 4.79 Å². The maximum absolute atomic E-state index is 12.1. The number of fused-ring (bicyclic) bond motifs is 1. The number of anilines is 1. The molecule has 0 spiro atoms. The summed E-state index contributed by atoms with van der Waals surface area (Å²) >= 11 is 6.02. The predicted octanol–water partition coefficient (Wildman–Crippen LogP) is 5.65. The number of oxazole rings is 1. The van der Waals surface area contributed by atoms with Gasteiger partial charge < -0.3 is 14.5 Å². The number of hydrogen-bond acceptors (Lipinski definition) is 4. The van der Waals surface area contributed by atoms with E-state index in [1.54, 1.807) is 24.3 Å². The smallest absolute Gasteiger partial charge is 0.262 e. The molecule has 4 rings (SSSR count). The number of amides is 1. The maximum Gasteiger partial charge on any atom is 0.262 e. The van der Waals surface area contributed by atoms with Crippen LogP contribution in [0.3, 0.4) is 0 Å². The molecule has 0 aliphatic rings. The van der Waals surface area contributed by atoms with Crippen LogP contribution in [0.4, 0.5) is 5.69 Å². The first-order chi connectivity index (χ1) is 14.6. The molecule has 152 valence electrons. The summed E-state index contributed by atoms with van der Waals surface area (Å²) in [5, 5.41) is 3.28. The number of carbonyl (C=O) groups excluding carboxylic acids is 1. The Morgan fingerprint density at radius 1 is 1.07 bits per heavy atom. The first kappa shape index (κ1) is 20.0. The van der Waals surface area contributed by atoms with Crippen molar-refractivity contribution in [2.24, 2.45) is 0 Å². The largest absolute Gasteiger partial charge is 0.482 e. The van der Waals surface area contributed by atoms with E-state index in [4.69, 9.17) is 20.8 Å². The number of para-hydroxylation sites is 1. The van der Waals surface area contributed by atoms with Crippen LogP contribution in [-0.2, 0) is 17.6 Å². The maximum atomic E-state index is 12.1. The zero-order valence-corrected chi connectivity index (χ0v) is 17.3. The van der Waals surface area contributed by atoms with E-state index in [0.29, 0.717) is 28.8 Å². The molecule has 0 unspecified atom stereocenters. The van der Waals surface area contributed by atoms with E-state index >= 15 is 0 Å². The molecule has 3 aromatic carbocycles. The first-order valence-corrected chi connectivity index (χ1v) is 10.1. The second-order valence-corrected chi connectivity index (χ2v) is 7.31. The van der Waals surface area contributed by atoms with Gasteiger partial charge in [0.2, 0.25) is 0 Å². The van der Waals surface area contributed by atoms with Crippen molar-refractivity contribution in [3.63, 3.8) is 0 Å². The normalized spacial score (nSPS) is 10.9. The summed E-state index contributed by atoms with van der Waals surface area (Å²) in [6, 6.07) is 20.7. The highest BCUT2D eigenvalue weighted by atomic mass is 35.5. The average Bonchev–Trinajstić information content (AvgIpc) is 3.16. The third-order valence-corrected chi connectivity index (χ3v) is 5.01. The minimum Gasteiger partial charge on any atom is -0.482 e. The van der Waals surface area contributed by atoms with Gasteiger partial charge in [-0.3, -0.25) is 4.79 Å². The molecule has 0 fully saturated rings. The van der Waals surface area contributed by atoms with Gasteiger partial charge in [-0.2, -0.15) is 0 Å². The number of ether oxygens (including phenoxy) is 1. The first-order valence-electron chi connectivity index (χ1n) is 9.75. The summed E-state index contributed by atoms with van der Waals surface area (Å²) in [5.74, 6) is 0.894. The standard InChI is InChI=1S/C24H21ClN2O3/c1-2-16-9-12-22-20(13-16)27-24(30-22)14-17-7-10-18(11-8-17)26-23(28)15-29-21-6-4-3-5-19(21)25/h3-13H,2,14-15H2,1H3,(H,26,28). The van der Waals surface area contributed by atoms with E-state index < -0.39 is 0 Å². The van der Waals surface area contributed by atoms with Crippen LogP contribution in [0.25, 0.3) is 11.1 Å². The molecule has 1 heterocycles. The molecule has 1 aromatic heterocycles. The van der Waals surface area contributed by atoms with E-state index in [-0.39, 0.29) is 12.5 Å². The Labute approximate surface area is 179 Å². The Hall–Kier alpha value is -3.31. The second-order valence-electron chi connectivity index (χ2n) is 6.90. The van der Waals surface area contributed by atoms with Crippen molar-refractivity contribution in [2.75, 3.05) is 11.9 Å². The molecule has 1 amide bonds. The van der Waals surface area contributed by atoms with E-state index in [0.717, 1.165) is 23.1 Å². The van der Waals surface area contributed by atoms with Crippen LogP contribution in [0.1, 0.15) is 23.9 Å². The van der Waals surface area contributed by atoms with E-state index in [1.165, 1.54) is 5.56 Å². The monoisotopic (exact) mass is 420 g/mol. The van der Waals surface area contributed by atoms with E-state index in [2.05, 4.69) is 29.4 Å². The molecule has 0 atom stereocenters. The van der Waals surface area contributed by atoms with Crippen LogP contribution in [0.15, 0.2) is 71.1 Å². The molecule has 0 bridgehead atoms. The number of aryl methyl sites for hydroxylation is 1. The number of benzene rings is 3. The Bertz CT molecular complexity index is 1170. The molecule has 0 saturated carbocycles. The van der Waals surface area contributed by atoms with Gasteiger partial charge in [0.05, 0.1) is 5.02 Å². The number of aromatic nitrogens is 1. The summed E-state index contributed by atoms with van der Waals surface area (Å²) in [6.07, 6.45) is 1.55. The third kappa shape index (κ3) is 4.81. The molecule has 0 saturated heterocycles. The van der Waals surface area contributed by atoms with Crippen LogP contribution in [0, 0.1) is 0 Å². The molecule has 6 heteroatoms. The fourth-order valence-electron chi connectivity index (χ4n) is 3.10. The van der Waals surface area contributed by atoms with Crippen molar-refractivity contribution in [1.82, 2.24) is 4.98 Å². The highest BCUT2D eigenvalue weighted by Crippen LogP contribution is 2.23. The molecule has 0 aliphatic carbocycles. The summed E-state index contributed by atoms with van der Waals surface area (Å²) in [7, 11) is 0. The molecule has 5 nitrogen and oxygen atoms in total. The van der Waals surface area contributed by atoms with Crippen LogP contribution in [0.5, 0.6) is 5.75 Å². The molecule has 1 N–H and O–H groups in total. The third-order valence-electron chi connectivity index (χ3n) is 4.69. The SMILES string of the molecule is CCc1ccc2oc(Cc3ccc(NC(=O)COc4ccccc4Cl)cc3)nc2c1. The number of nitrogens with one attached hydrogen (secondary N) is 1. The summed E-state index contributed by atoms with van der Waals surface area (Å²) < 4.78 is 11.3. The van der Waals surface area contributed by atoms with Gasteiger partial charge in [-0.05, 0) is 53.9 Å². The summed E-state index contributed by atoms with van der Waals surface area (Å²) in [5.41, 5.74) is 4.65. The molecular weight excluding hydrogens is 400 g/mol. The van der Waals surface area contributed by atoms with Gasteiger partial charge in [-0.15, -0.1) is 0 Å². The second kappa shape index (κ2) is 9.01. The Kier molecular flexibility index (Phi) is 6.00.